The lowest BCUT2D eigenvalue weighted by Gasteiger charge is -2.28. The molecule has 10 nitrogen and oxygen atoms in total. The molecule has 4 heterocycles. The van der Waals surface area contributed by atoms with Crippen LogP contribution in [0.1, 0.15) is 62.8 Å². The zero-order valence-corrected chi connectivity index (χ0v) is 23.4. The summed E-state index contributed by atoms with van der Waals surface area (Å²) in [7, 11) is -3.27. The Morgan fingerprint density at radius 3 is 2.77 bits per heavy atom. The lowest BCUT2D eigenvalue weighted by Crippen LogP contribution is -2.42. The highest BCUT2D eigenvalue weighted by molar-refractivity contribution is 7.90. The zero-order chi connectivity index (χ0) is 27.5. The fourth-order valence-electron chi connectivity index (χ4n) is 5.60. The molecule has 3 aromatic rings. The highest BCUT2D eigenvalue weighted by Crippen LogP contribution is 2.40. The van der Waals surface area contributed by atoms with E-state index in [9.17, 15) is 13.5 Å². The number of aliphatic hydroxyl groups excluding tert-OH is 1. The maximum Gasteiger partial charge on any atom is 0.223 e. The number of aliphatic hydroxyl groups is 1. The molecule has 2 saturated heterocycles. The number of H-pyrrole nitrogens is 1. The van der Waals surface area contributed by atoms with E-state index in [4.69, 9.17) is 16.3 Å². The van der Waals surface area contributed by atoms with E-state index in [1.165, 1.54) is 12.3 Å². The Hall–Kier alpha value is -2.38. The average Bonchev–Trinajstić information content (AvgIpc) is 3.48. The normalized spacial score (nSPS) is 24.6. The van der Waals surface area contributed by atoms with Gasteiger partial charge in [-0.2, -0.15) is 0 Å². The van der Waals surface area contributed by atoms with Crippen molar-refractivity contribution in [2.45, 2.75) is 68.8 Å². The molecule has 6 rings (SSSR count). The SMILES string of the molecule is CC(C)c1c(-c2nc(N[C@@H]3CCOC[C@H]3O)ncc2Cl)cc(F)c2nc([C@@H]3CCN(S(=O)(=O)C4CC4)C3)[nH]c12. The molecule has 1 saturated carbocycles. The Morgan fingerprint density at radius 1 is 1.26 bits per heavy atom. The minimum Gasteiger partial charge on any atom is -0.389 e. The quantitative estimate of drug-likeness (QED) is 0.386. The van der Waals surface area contributed by atoms with E-state index in [-0.39, 0.29) is 46.2 Å². The lowest BCUT2D eigenvalue weighted by atomic mass is 9.93. The van der Waals surface area contributed by atoms with E-state index in [1.54, 1.807) is 4.31 Å². The summed E-state index contributed by atoms with van der Waals surface area (Å²) in [6.07, 6.45) is 3.43. The number of sulfonamides is 1. The first kappa shape index (κ1) is 26.8. The van der Waals surface area contributed by atoms with E-state index in [2.05, 4.69) is 25.3 Å². The molecular formula is C26H32ClFN6O4S. The molecule has 39 heavy (non-hydrogen) atoms. The van der Waals surface area contributed by atoms with Gasteiger partial charge in [-0.3, -0.25) is 0 Å². The number of hydrogen-bond acceptors (Lipinski definition) is 8. The molecule has 13 heteroatoms. The minimum atomic E-state index is -3.27. The van der Waals surface area contributed by atoms with Gasteiger partial charge in [0.15, 0.2) is 5.82 Å². The van der Waals surface area contributed by atoms with Crippen LogP contribution in [0.4, 0.5) is 10.3 Å². The molecule has 3 fully saturated rings. The van der Waals surface area contributed by atoms with Gasteiger partial charge in [-0.15, -0.1) is 0 Å². The number of halogens is 2. The van der Waals surface area contributed by atoms with Crippen molar-refractivity contribution in [1.82, 2.24) is 24.2 Å². The molecule has 3 N–H and O–H groups in total. The molecule has 1 aromatic carbocycles. The van der Waals surface area contributed by atoms with Gasteiger partial charge in [-0.1, -0.05) is 25.4 Å². The van der Waals surface area contributed by atoms with Gasteiger partial charge >= 0.3 is 0 Å². The van der Waals surface area contributed by atoms with Crippen molar-refractivity contribution in [3.63, 3.8) is 0 Å². The van der Waals surface area contributed by atoms with E-state index >= 15 is 4.39 Å². The van der Waals surface area contributed by atoms with Crippen LogP contribution in [0, 0.1) is 5.82 Å². The van der Waals surface area contributed by atoms with Crippen molar-refractivity contribution in [3.05, 3.63) is 34.5 Å². The Labute approximate surface area is 231 Å². The van der Waals surface area contributed by atoms with E-state index in [1.807, 2.05) is 13.8 Å². The third-order valence-corrected chi connectivity index (χ3v) is 10.5. The standard InChI is InChI=1S/C26H32ClFN6O4S/c1-13(2)21-16(22-17(27)10-29-26(33-22)30-19-6-8-38-12-20(19)35)9-18(28)23-24(21)32-25(31-23)14-5-7-34(11-14)39(36,37)15-3-4-15/h9-10,13-15,19-20,35H,3-8,11-12H2,1-2H3,(H,31,32)(H,29,30,33)/t14-,19-,20-/m1/s1. The summed E-state index contributed by atoms with van der Waals surface area (Å²) >= 11 is 6.55. The van der Waals surface area contributed by atoms with Gasteiger partial charge in [0.05, 0.1) is 46.4 Å². The van der Waals surface area contributed by atoms with E-state index in [0.717, 1.165) is 18.4 Å². The summed E-state index contributed by atoms with van der Waals surface area (Å²) in [5, 5.41) is 13.4. The molecule has 1 aliphatic carbocycles. The van der Waals surface area contributed by atoms with Crippen LogP contribution in [0.25, 0.3) is 22.3 Å². The summed E-state index contributed by atoms with van der Waals surface area (Å²) < 4.78 is 47.9. The molecule has 3 aliphatic rings. The lowest BCUT2D eigenvalue weighted by molar-refractivity contribution is -0.0136. The zero-order valence-electron chi connectivity index (χ0n) is 21.8. The molecule has 2 aliphatic heterocycles. The van der Waals surface area contributed by atoms with Crippen LogP contribution in [-0.2, 0) is 14.8 Å². The van der Waals surface area contributed by atoms with Crippen molar-refractivity contribution >= 4 is 38.6 Å². The van der Waals surface area contributed by atoms with Gasteiger partial charge in [-0.25, -0.2) is 32.1 Å². The Balaban J connectivity index is 1.36. The summed E-state index contributed by atoms with van der Waals surface area (Å²) in [5.41, 5.74) is 2.48. The van der Waals surface area contributed by atoms with Crippen molar-refractivity contribution in [3.8, 4) is 11.3 Å². The van der Waals surface area contributed by atoms with Crippen LogP contribution in [0.5, 0.6) is 0 Å². The number of rotatable bonds is 7. The first-order valence-electron chi connectivity index (χ1n) is 13.4. The average molecular weight is 579 g/mol. The number of imidazole rings is 1. The van der Waals surface area contributed by atoms with Crippen LogP contribution in [0.2, 0.25) is 5.02 Å². The van der Waals surface area contributed by atoms with Crippen LogP contribution >= 0.6 is 11.6 Å². The topological polar surface area (TPSA) is 133 Å². The minimum absolute atomic E-state index is 0.0357. The van der Waals surface area contributed by atoms with Crippen molar-refractivity contribution in [1.29, 1.82) is 0 Å². The molecule has 0 spiro atoms. The van der Waals surface area contributed by atoms with Crippen LogP contribution < -0.4 is 5.32 Å². The van der Waals surface area contributed by atoms with E-state index in [0.29, 0.717) is 55.1 Å². The van der Waals surface area contributed by atoms with Gasteiger partial charge in [0, 0.05) is 31.2 Å². The second kappa shape index (κ2) is 10.2. The van der Waals surface area contributed by atoms with Crippen molar-refractivity contribution in [2.75, 3.05) is 31.6 Å². The number of benzene rings is 1. The van der Waals surface area contributed by atoms with Gasteiger partial charge in [0.1, 0.15) is 11.3 Å². The summed E-state index contributed by atoms with van der Waals surface area (Å²) in [6, 6.07) is 1.13. The monoisotopic (exact) mass is 578 g/mol. The van der Waals surface area contributed by atoms with Gasteiger partial charge in [0.2, 0.25) is 16.0 Å². The molecule has 3 atom stereocenters. The highest BCUT2D eigenvalue weighted by atomic mass is 35.5. The van der Waals surface area contributed by atoms with E-state index < -0.39 is 21.9 Å². The third kappa shape index (κ3) is 5.01. The Bertz CT molecular complexity index is 1510. The number of ether oxygens (including phenoxy) is 1. The van der Waals surface area contributed by atoms with Crippen LogP contribution in [0.3, 0.4) is 0 Å². The van der Waals surface area contributed by atoms with Crippen molar-refractivity contribution < 1.29 is 22.7 Å². The first-order chi connectivity index (χ1) is 18.6. The number of nitrogens with one attached hydrogen (secondary N) is 2. The predicted molar refractivity (Wildman–Crippen MR) is 146 cm³/mol. The molecule has 0 bridgehead atoms. The fourth-order valence-corrected chi connectivity index (χ4v) is 7.69. The van der Waals surface area contributed by atoms with Gasteiger partial charge in [0.25, 0.3) is 0 Å². The maximum atomic E-state index is 15.6. The maximum absolute atomic E-state index is 15.6. The third-order valence-electron chi connectivity index (χ3n) is 7.84. The molecule has 0 unspecified atom stereocenters. The van der Waals surface area contributed by atoms with Gasteiger partial charge < -0.3 is 20.1 Å². The number of aromatic nitrogens is 4. The number of fused-ring (bicyclic) bond motifs is 1. The molecule has 0 amide bonds. The first-order valence-corrected chi connectivity index (χ1v) is 15.3. The second-order valence-corrected chi connectivity index (χ2v) is 13.6. The molecule has 2 aromatic heterocycles. The van der Waals surface area contributed by atoms with Gasteiger partial charge in [-0.05, 0) is 43.2 Å². The molecule has 0 radical (unpaired) electrons. The highest BCUT2D eigenvalue weighted by Gasteiger charge is 2.43. The Kier molecular flexibility index (Phi) is 7.03. The largest absolute Gasteiger partial charge is 0.389 e. The number of nitrogens with zero attached hydrogens (tertiary/aromatic N) is 4. The summed E-state index contributed by atoms with van der Waals surface area (Å²) in [6.45, 7) is 5.53. The van der Waals surface area contributed by atoms with Crippen LogP contribution in [0.15, 0.2) is 12.3 Å². The smallest absolute Gasteiger partial charge is 0.223 e. The predicted octanol–water partition coefficient (Wildman–Crippen LogP) is 3.78. The fraction of sp³-hybridized carbons (Fsp3) is 0.577. The number of anilines is 1. The van der Waals surface area contributed by atoms with Crippen LogP contribution in [-0.4, -0.2) is 81.5 Å². The molecular weight excluding hydrogens is 547 g/mol. The second-order valence-electron chi connectivity index (χ2n) is 11.0. The number of hydrogen-bond donors (Lipinski definition) is 3. The van der Waals surface area contributed by atoms with Crippen molar-refractivity contribution in [2.24, 2.45) is 0 Å². The summed E-state index contributed by atoms with van der Waals surface area (Å²) in [4.78, 5) is 16.8. The number of aromatic amines is 1. The Morgan fingerprint density at radius 2 is 2.05 bits per heavy atom. The summed E-state index contributed by atoms with van der Waals surface area (Å²) in [5.74, 6) is 0.172. The molecule has 210 valence electrons.